The molecule has 0 aromatic heterocycles. The summed E-state index contributed by atoms with van der Waals surface area (Å²) in [4.78, 5) is 2.47. The van der Waals surface area contributed by atoms with Gasteiger partial charge in [-0.3, -0.25) is 0 Å². The Kier molecular flexibility index (Phi) is 5.60. The lowest BCUT2D eigenvalue weighted by molar-refractivity contribution is 0.466. The third kappa shape index (κ3) is 4.34. The molecule has 0 saturated carbocycles. The molecule has 0 unspecified atom stereocenters. The van der Waals surface area contributed by atoms with E-state index in [2.05, 4.69) is 4.90 Å². The van der Waals surface area contributed by atoms with Gasteiger partial charge in [0.1, 0.15) is 0 Å². The van der Waals surface area contributed by atoms with Crippen molar-refractivity contribution >= 4 is 25.5 Å². The van der Waals surface area contributed by atoms with Crippen LogP contribution < -0.4 is 4.90 Å². The van der Waals surface area contributed by atoms with Gasteiger partial charge in [-0.1, -0.05) is 18.2 Å². The minimum Gasteiger partial charge on any atom is -0.371 e. The summed E-state index contributed by atoms with van der Waals surface area (Å²) in [5.41, 5.74) is 2.03. The lowest BCUT2D eigenvalue weighted by Crippen LogP contribution is -2.28. The van der Waals surface area contributed by atoms with Gasteiger partial charge in [0, 0.05) is 38.6 Å². The van der Waals surface area contributed by atoms with Gasteiger partial charge in [-0.2, -0.15) is 4.31 Å². The summed E-state index contributed by atoms with van der Waals surface area (Å²) >= 11 is 0. The van der Waals surface area contributed by atoms with E-state index < -0.39 is 19.9 Å². The molecule has 0 bridgehead atoms. The number of para-hydroxylation sites is 1. The maximum Gasteiger partial charge on any atom is 0.243 e. The van der Waals surface area contributed by atoms with E-state index in [4.69, 9.17) is 0 Å². The number of anilines is 1. The Morgan fingerprint density at radius 3 is 2.04 bits per heavy atom. The third-order valence-electron chi connectivity index (χ3n) is 4.79. The highest BCUT2D eigenvalue weighted by Crippen LogP contribution is 2.27. The van der Waals surface area contributed by atoms with Crippen LogP contribution in [-0.4, -0.2) is 47.5 Å². The molecule has 0 N–H and O–H groups in total. The van der Waals surface area contributed by atoms with Crippen LogP contribution in [0.2, 0.25) is 0 Å². The second-order valence-electron chi connectivity index (χ2n) is 6.83. The maximum absolute atomic E-state index is 12.9. The molecule has 8 heteroatoms. The van der Waals surface area contributed by atoms with Crippen LogP contribution in [0.5, 0.6) is 0 Å². The van der Waals surface area contributed by atoms with E-state index in [0.29, 0.717) is 0 Å². The third-order valence-corrected chi connectivity index (χ3v) is 7.74. The number of sulfonamides is 1. The fraction of sp³-hybridized carbons (Fsp3) is 0.368. The zero-order valence-corrected chi connectivity index (χ0v) is 17.1. The predicted molar refractivity (Wildman–Crippen MR) is 106 cm³/mol. The first-order valence-electron chi connectivity index (χ1n) is 8.79. The fourth-order valence-corrected chi connectivity index (χ4v) is 5.05. The summed E-state index contributed by atoms with van der Waals surface area (Å²) in [5.74, 6) is 0. The first-order valence-corrected chi connectivity index (χ1v) is 12.1. The molecular formula is C19H24N2O4S2. The summed E-state index contributed by atoms with van der Waals surface area (Å²) in [6.45, 7) is 2.23. The zero-order valence-electron chi connectivity index (χ0n) is 15.5. The topological polar surface area (TPSA) is 74.8 Å². The molecule has 6 nitrogen and oxygen atoms in total. The number of hydrogen-bond acceptors (Lipinski definition) is 5. The number of hydrogen-bond donors (Lipinski definition) is 0. The molecule has 0 amide bonds. The van der Waals surface area contributed by atoms with Crippen molar-refractivity contribution in [1.29, 1.82) is 0 Å². The Balaban J connectivity index is 1.84. The first-order chi connectivity index (χ1) is 12.7. The SMILES string of the molecule is CN(Cc1ccccc1N1CCCC1)S(=O)(=O)c1ccc(S(C)(=O)=O)cc1. The normalized spacial score (nSPS) is 15.4. The van der Waals surface area contributed by atoms with Gasteiger partial charge in [-0.15, -0.1) is 0 Å². The smallest absolute Gasteiger partial charge is 0.243 e. The summed E-state index contributed by atoms with van der Waals surface area (Å²) in [7, 11) is -5.54. The number of nitrogens with zero attached hydrogens (tertiary/aromatic N) is 2. The Labute approximate surface area is 161 Å². The highest BCUT2D eigenvalue weighted by molar-refractivity contribution is 7.90. The van der Waals surface area contributed by atoms with Crippen LogP contribution in [-0.2, 0) is 26.4 Å². The second kappa shape index (κ2) is 7.61. The lowest BCUT2D eigenvalue weighted by Gasteiger charge is -2.24. The average molecular weight is 409 g/mol. The molecule has 2 aromatic rings. The standard InChI is InChI=1S/C19H24N2O4S2/c1-20(15-16-7-3-4-8-19(16)21-13-5-6-14-21)27(24,25)18-11-9-17(10-12-18)26(2,22)23/h3-4,7-12H,5-6,13-15H2,1-2H3. The van der Waals surface area contributed by atoms with E-state index in [1.54, 1.807) is 7.05 Å². The molecular weight excluding hydrogens is 384 g/mol. The summed E-state index contributed by atoms with van der Waals surface area (Å²) in [6.07, 6.45) is 3.39. The van der Waals surface area contributed by atoms with E-state index in [1.807, 2.05) is 24.3 Å². The predicted octanol–water partition coefficient (Wildman–Crippen LogP) is 2.51. The van der Waals surface area contributed by atoms with Crippen molar-refractivity contribution in [2.75, 3.05) is 31.3 Å². The van der Waals surface area contributed by atoms with Gasteiger partial charge < -0.3 is 4.90 Å². The molecule has 0 atom stereocenters. The average Bonchev–Trinajstić information content (AvgIpc) is 3.16. The fourth-order valence-electron chi connectivity index (χ4n) is 3.27. The van der Waals surface area contributed by atoms with Crippen LogP contribution in [0.15, 0.2) is 58.3 Å². The summed E-state index contributed by atoms with van der Waals surface area (Å²) < 4.78 is 50.2. The Morgan fingerprint density at radius 2 is 1.44 bits per heavy atom. The van der Waals surface area contributed by atoms with E-state index in [-0.39, 0.29) is 16.3 Å². The zero-order chi connectivity index (χ0) is 19.7. The Bertz CT molecular complexity index is 1010. The van der Waals surface area contributed by atoms with Crippen molar-refractivity contribution < 1.29 is 16.8 Å². The molecule has 0 spiro atoms. The van der Waals surface area contributed by atoms with Crippen LogP contribution in [0.3, 0.4) is 0 Å². The minimum atomic E-state index is -3.72. The maximum atomic E-state index is 12.9. The monoisotopic (exact) mass is 408 g/mol. The molecule has 1 aliphatic heterocycles. The van der Waals surface area contributed by atoms with Gasteiger partial charge in [0.15, 0.2) is 9.84 Å². The van der Waals surface area contributed by atoms with Crippen LogP contribution in [0.25, 0.3) is 0 Å². The van der Waals surface area contributed by atoms with Crippen molar-refractivity contribution in [3.8, 4) is 0 Å². The largest absolute Gasteiger partial charge is 0.371 e. The number of sulfone groups is 1. The molecule has 1 heterocycles. The van der Waals surface area contributed by atoms with Crippen molar-refractivity contribution in [2.45, 2.75) is 29.2 Å². The van der Waals surface area contributed by atoms with E-state index >= 15 is 0 Å². The van der Waals surface area contributed by atoms with Crippen LogP contribution in [0.4, 0.5) is 5.69 Å². The summed E-state index contributed by atoms with van der Waals surface area (Å²) in [6, 6.07) is 13.2. The second-order valence-corrected chi connectivity index (χ2v) is 10.9. The molecule has 3 rings (SSSR count). The van der Waals surface area contributed by atoms with Crippen LogP contribution >= 0.6 is 0 Å². The van der Waals surface area contributed by atoms with E-state index in [9.17, 15) is 16.8 Å². The van der Waals surface area contributed by atoms with E-state index in [0.717, 1.165) is 43.4 Å². The van der Waals surface area contributed by atoms with Crippen LogP contribution in [0, 0.1) is 0 Å². The summed E-state index contributed by atoms with van der Waals surface area (Å²) in [5, 5.41) is 0. The van der Waals surface area contributed by atoms with Gasteiger partial charge in [-0.25, -0.2) is 16.8 Å². The quantitative estimate of drug-likeness (QED) is 0.734. The Hall–Kier alpha value is -1.90. The number of rotatable bonds is 6. The van der Waals surface area contributed by atoms with Gasteiger partial charge in [0.2, 0.25) is 10.0 Å². The van der Waals surface area contributed by atoms with Crippen molar-refractivity contribution in [1.82, 2.24) is 4.31 Å². The molecule has 1 aliphatic rings. The number of benzene rings is 2. The van der Waals surface area contributed by atoms with Crippen molar-refractivity contribution in [3.05, 3.63) is 54.1 Å². The highest BCUT2D eigenvalue weighted by atomic mass is 32.2. The van der Waals surface area contributed by atoms with Crippen molar-refractivity contribution in [2.24, 2.45) is 0 Å². The molecule has 1 fully saturated rings. The van der Waals surface area contributed by atoms with Crippen molar-refractivity contribution in [3.63, 3.8) is 0 Å². The van der Waals surface area contributed by atoms with Gasteiger partial charge in [0.05, 0.1) is 9.79 Å². The van der Waals surface area contributed by atoms with Crippen LogP contribution in [0.1, 0.15) is 18.4 Å². The van der Waals surface area contributed by atoms with Gasteiger partial charge in [-0.05, 0) is 48.7 Å². The minimum absolute atomic E-state index is 0.0797. The highest BCUT2D eigenvalue weighted by Gasteiger charge is 2.23. The van der Waals surface area contributed by atoms with Gasteiger partial charge >= 0.3 is 0 Å². The Morgan fingerprint density at radius 1 is 0.889 bits per heavy atom. The molecule has 0 radical (unpaired) electrons. The van der Waals surface area contributed by atoms with E-state index in [1.165, 1.54) is 28.6 Å². The lowest BCUT2D eigenvalue weighted by atomic mass is 10.1. The molecule has 0 aliphatic carbocycles. The molecule has 1 saturated heterocycles. The molecule has 27 heavy (non-hydrogen) atoms. The molecule has 2 aromatic carbocycles. The molecule has 146 valence electrons. The van der Waals surface area contributed by atoms with Gasteiger partial charge in [0.25, 0.3) is 0 Å². The first kappa shape index (κ1) is 19.9.